The van der Waals surface area contributed by atoms with Crippen molar-refractivity contribution in [2.24, 2.45) is 16.3 Å². The Hall–Kier alpha value is -3.15. The topological polar surface area (TPSA) is 85.2 Å². The summed E-state index contributed by atoms with van der Waals surface area (Å²) in [5.41, 5.74) is 2.04. The first-order valence-corrected chi connectivity index (χ1v) is 11.9. The number of hydrogen-bond acceptors (Lipinski definition) is 6. The van der Waals surface area contributed by atoms with Gasteiger partial charge in [-0.25, -0.2) is 0 Å². The van der Waals surface area contributed by atoms with Gasteiger partial charge in [0.25, 0.3) is 0 Å². The third-order valence-corrected chi connectivity index (χ3v) is 6.75. The quantitative estimate of drug-likeness (QED) is 0.431. The van der Waals surface area contributed by atoms with Crippen LogP contribution >= 0.6 is 0 Å². The number of ketones is 1. The van der Waals surface area contributed by atoms with E-state index in [1.54, 1.807) is 18.2 Å². The number of phenolic OH excluding ortho intramolecular Hbond substituents is 1. The van der Waals surface area contributed by atoms with Crippen molar-refractivity contribution < 1.29 is 24.2 Å². The standard InChI is InChI=1S/C28H35NO5/c1-20-6-4-5-13-28(20,18-23-12-15-29-19-23)14-11-25(34-21(2)30)17-24(31)9-7-22-8-10-26(32)27(16-22)33-3/h4-6,8,10,12-13,16,19-20,25,32H,7,9,11,14-15,17-18H2,1-3H3/t20-,25+,28+/m0/s1. The number of nitrogens with zero attached hydrogens (tertiary/aromatic N) is 1. The summed E-state index contributed by atoms with van der Waals surface area (Å²) in [5, 5.41) is 9.75. The van der Waals surface area contributed by atoms with Crippen LogP contribution in [0.25, 0.3) is 0 Å². The number of allylic oxidation sites excluding steroid dienone is 5. The van der Waals surface area contributed by atoms with Crippen LogP contribution in [0, 0.1) is 11.3 Å². The molecule has 1 aromatic rings. The fourth-order valence-electron chi connectivity index (χ4n) is 4.72. The molecule has 3 rings (SSSR count). The van der Waals surface area contributed by atoms with E-state index in [9.17, 15) is 14.7 Å². The first-order valence-electron chi connectivity index (χ1n) is 11.9. The first-order chi connectivity index (χ1) is 16.3. The lowest BCUT2D eigenvalue weighted by molar-refractivity contribution is -0.148. The Morgan fingerprint density at radius 3 is 2.79 bits per heavy atom. The summed E-state index contributed by atoms with van der Waals surface area (Å²) in [4.78, 5) is 28.9. The molecule has 0 radical (unpaired) electrons. The van der Waals surface area contributed by atoms with E-state index in [-0.39, 0.29) is 29.3 Å². The summed E-state index contributed by atoms with van der Waals surface area (Å²) in [6.45, 7) is 4.34. The molecule has 1 aliphatic heterocycles. The molecular weight excluding hydrogens is 430 g/mol. The van der Waals surface area contributed by atoms with Gasteiger partial charge in [0.2, 0.25) is 0 Å². The van der Waals surface area contributed by atoms with Crippen molar-refractivity contribution in [3.63, 3.8) is 0 Å². The Kier molecular flexibility index (Phi) is 8.85. The predicted molar refractivity (Wildman–Crippen MR) is 133 cm³/mol. The number of carbonyl (C=O) groups is 2. The van der Waals surface area contributed by atoms with E-state index in [4.69, 9.17) is 9.47 Å². The third-order valence-electron chi connectivity index (χ3n) is 6.75. The predicted octanol–water partition coefficient (Wildman–Crippen LogP) is 5.15. The molecule has 0 saturated carbocycles. The van der Waals surface area contributed by atoms with Gasteiger partial charge in [0.15, 0.2) is 11.5 Å². The van der Waals surface area contributed by atoms with Gasteiger partial charge < -0.3 is 14.6 Å². The molecule has 6 heteroatoms. The SMILES string of the molecule is COc1cc(CCC(=O)C[C@@H](CC[C@@]2(CC3=CCN=C3)C=CC=C[C@@H]2C)OC(C)=O)ccc1O. The molecule has 0 unspecified atom stereocenters. The largest absolute Gasteiger partial charge is 0.504 e. The number of rotatable bonds is 12. The van der Waals surface area contributed by atoms with Crippen LogP contribution < -0.4 is 4.74 Å². The summed E-state index contributed by atoms with van der Waals surface area (Å²) < 4.78 is 10.7. The summed E-state index contributed by atoms with van der Waals surface area (Å²) in [5.74, 6) is 0.463. The molecule has 2 aliphatic rings. The fourth-order valence-corrected chi connectivity index (χ4v) is 4.72. The van der Waals surface area contributed by atoms with E-state index in [1.807, 2.05) is 6.21 Å². The van der Waals surface area contributed by atoms with Crippen molar-refractivity contribution in [2.75, 3.05) is 13.7 Å². The van der Waals surface area contributed by atoms with Crippen LogP contribution in [0.15, 0.2) is 59.1 Å². The number of phenols is 1. The monoisotopic (exact) mass is 465 g/mol. The minimum absolute atomic E-state index is 0.0464. The number of hydrogen-bond donors (Lipinski definition) is 1. The Morgan fingerprint density at radius 2 is 2.12 bits per heavy atom. The van der Waals surface area contributed by atoms with Crippen molar-refractivity contribution in [1.82, 2.24) is 0 Å². The summed E-state index contributed by atoms with van der Waals surface area (Å²) >= 11 is 0. The van der Waals surface area contributed by atoms with Crippen molar-refractivity contribution >= 4 is 18.0 Å². The van der Waals surface area contributed by atoms with Crippen LogP contribution in [0.4, 0.5) is 0 Å². The molecule has 0 fully saturated rings. The molecule has 1 aliphatic carbocycles. The van der Waals surface area contributed by atoms with Gasteiger partial charge in [-0.3, -0.25) is 14.6 Å². The van der Waals surface area contributed by atoms with Crippen LogP contribution in [0.5, 0.6) is 11.5 Å². The molecular formula is C28H35NO5. The molecule has 1 heterocycles. The third kappa shape index (κ3) is 6.92. The second-order valence-electron chi connectivity index (χ2n) is 9.24. The number of aryl methyl sites for hydroxylation is 1. The highest BCUT2D eigenvalue weighted by atomic mass is 16.5. The number of aliphatic imine (C=N–C) groups is 1. The van der Waals surface area contributed by atoms with Gasteiger partial charge >= 0.3 is 5.97 Å². The fraction of sp³-hybridized carbons (Fsp3) is 0.464. The highest BCUT2D eigenvalue weighted by Gasteiger charge is 2.35. The molecule has 0 spiro atoms. The molecule has 0 amide bonds. The number of aromatic hydroxyl groups is 1. The van der Waals surface area contributed by atoms with Crippen LogP contribution in [-0.4, -0.2) is 42.8 Å². The Bertz CT molecular complexity index is 1010. The lowest BCUT2D eigenvalue weighted by Gasteiger charge is -2.38. The molecule has 1 aromatic carbocycles. The van der Waals surface area contributed by atoms with E-state index in [0.717, 1.165) is 24.9 Å². The number of benzene rings is 1. The van der Waals surface area contributed by atoms with Gasteiger partial charge in [0.1, 0.15) is 11.9 Å². The molecule has 34 heavy (non-hydrogen) atoms. The lowest BCUT2D eigenvalue weighted by atomic mass is 9.66. The number of carbonyl (C=O) groups excluding carboxylic acids is 2. The molecule has 0 bridgehead atoms. The average molecular weight is 466 g/mol. The summed E-state index contributed by atoms with van der Waals surface area (Å²) in [7, 11) is 1.49. The smallest absolute Gasteiger partial charge is 0.302 e. The second-order valence-corrected chi connectivity index (χ2v) is 9.24. The van der Waals surface area contributed by atoms with Crippen molar-refractivity contribution in [2.45, 2.75) is 58.5 Å². The highest BCUT2D eigenvalue weighted by molar-refractivity contribution is 5.81. The van der Waals surface area contributed by atoms with Crippen molar-refractivity contribution in [1.29, 1.82) is 0 Å². The zero-order chi connectivity index (χ0) is 24.6. The van der Waals surface area contributed by atoms with E-state index < -0.39 is 6.10 Å². The van der Waals surface area contributed by atoms with Gasteiger partial charge in [0.05, 0.1) is 13.7 Å². The molecule has 0 saturated heterocycles. The number of ether oxygens (including phenoxy) is 2. The molecule has 1 N–H and O–H groups in total. The number of Topliss-reactive ketones (excluding diaryl/α,β-unsaturated/α-hetero) is 1. The summed E-state index contributed by atoms with van der Waals surface area (Å²) in [6.07, 6.45) is 15.7. The van der Waals surface area contributed by atoms with Crippen molar-refractivity contribution in [3.05, 3.63) is 59.7 Å². The van der Waals surface area contributed by atoms with E-state index in [2.05, 4.69) is 42.3 Å². The molecule has 182 valence electrons. The zero-order valence-electron chi connectivity index (χ0n) is 20.3. The van der Waals surface area contributed by atoms with Crippen LogP contribution in [0.1, 0.15) is 51.5 Å². The number of esters is 1. The maximum absolute atomic E-state index is 12.8. The van der Waals surface area contributed by atoms with Crippen LogP contribution in [0.2, 0.25) is 0 Å². The minimum Gasteiger partial charge on any atom is -0.504 e. The normalized spacial score (nSPS) is 21.9. The van der Waals surface area contributed by atoms with Crippen molar-refractivity contribution in [3.8, 4) is 11.5 Å². The number of methoxy groups -OCH3 is 1. The minimum atomic E-state index is -0.450. The maximum atomic E-state index is 12.8. The molecule has 0 aromatic heterocycles. The van der Waals surface area contributed by atoms with Crippen LogP contribution in [-0.2, 0) is 20.7 Å². The van der Waals surface area contributed by atoms with Gasteiger partial charge in [-0.15, -0.1) is 0 Å². The second kappa shape index (κ2) is 11.8. The van der Waals surface area contributed by atoms with Gasteiger partial charge in [-0.2, -0.15) is 0 Å². The van der Waals surface area contributed by atoms with Gasteiger partial charge in [-0.05, 0) is 60.3 Å². The van der Waals surface area contributed by atoms with Gasteiger partial charge in [-0.1, -0.05) is 43.4 Å². The first kappa shape index (κ1) is 25.5. The Balaban J connectivity index is 1.62. The highest BCUT2D eigenvalue weighted by Crippen LogP contribution is 2.44. The lowest BCUT2D eigenvalue weighted by Crippen LogP contribution is -2.31. The van der Waals surface area contributed by atoms with E-state index in [1.165, 1.54) is 19.6 Å². The average Bonchev–Trinajstić information content (AvgIpc) is 3.31. The van der Waals surface area contributed by atoms with E-state index in [0.29, 0.717) is 30.9 Å². The molecule has 6 nitrogen and oxygen atoms in total. The maximum Gasteiger partial charge on any atom is 0.302 e. The zero-order valence-corrected chi connectivity index (χ0v) is 20.3. The molecule has 3 atom stereocenters. The van der Waals surface area contributed by atoms with Gasteiger partial charge in [0, 0.05) is 26.0 Å². The van der Waals surface area contributed by atoms with Crippen LogP contribution in [0.3, 0.4) is 0 Å². The Labute approximate surface area is 202 Å². The Morgan fingerprint density at radius 1 is 1.29 bits per heavy atom. The van der Waals surface area contributed by atoms with E-state index >= 15 is 0 Å². The summed E-state index contributed by atoms with van der Waals surface area (Å²) in [6, 6.07) is 5.09.